The van der Waals surface area contributed by atoms with Gasteiger partial charge in [-0.15, -0.1) is 0 Å². The van der Waals surface area contributed by atoms with Gasteiger partial charge in [0.2, 0.25) is 10.0 Å². The average Bonchev–Trinajstić information content (AvgIpc) is 2.72. The van der Waals surface area contributed by atoms with Gasteiger partial charge in [0.25, 0.3) is 0 Å². The Morgan fingerprint density at radius 1 is 1.14 bits per heavy atom. The summed E-state index contributed by atoms with van der Waals surface area (Å²) >= 11 is 0. The Morgan fingerprint density at radius 3 is 2.81 bits per heavy atom. The number of nitrogens with zero attached hydrogens (tertiary/aromatic N) is 5. The highest BCUT2D eigenvalue weighted by Crippen LogP contribution is 2.23. The van der Waals surface area contributed by atoms with Gasteiger partial charge in [-0.05, 0) is 12.5 Å². The predicted molar refractivity (Wildman–Crippen MR) is 80.6 cm³/mol. The van der Waals surface area contributed by atoms with E-state index in [0.29, 0.717) is 19.6 Å². The van der Waals surface area contributed by atoms with E-state index in [-0.39, 0.29) is 0 Å². The predicted octanol–water partition coefficient (Wildman–Crippen LogP) is 0.496. The van der Waals surface area contributed by atoms with Crippen LogP contribution in [0.15, 0.2) is 24.8 Å². The summed E-state index contributed by atoms with van der Waals surface area (Å²) in [5, 5.41) is 0.945. The van der Waals surface area contributed by atoms with Crippen molar-refractivity contribution in [3.63, 3.8) is 0 Å². The zero-order valence-electron chi connectivity index (χ0n) is 11.8. The molecule has 0 amide bonds. The largest absolute Gasteiger partial charge is 0.355 e. The Balaban J connectivity index is 1.90. The highest BCUT2D eigenvalue weighted by molar-refractivity contribution is 7.88. The molecule has 0 saturated carbocycles. The van der Waals surface area contributed by atoms with Gasteiger partial charge in [-0.3, -0.25) is 4.98 Å². The van der Waals surface area contributed by atoms with Gasteiger partial charge >= 0.3 is 0 Å². The first kappa shape index (κ1) is 14.2. The maximum absolute atomic E-state index is 11.7. The first-order valence-corrected chi connectivity index (χ1v) is 8.65. The maximum Gasteiger partial charge on any atom is 0.211 e. The monoisotopic (exact) mass is 307 g/mol. The Hall–Kier alpha value is -1.80. The Labute approximate surface area is 123 Å². The Bertz CT molecular complexity index is 744. The molecule has 112 valence electrons. The van der Waals surface area contributed by atoms with Gasteiger partial charge in [-0.1, -0.05) is 0 Å². The van der Waals surface area contributed by atoms with Crippen LogP contribution < -0.4 is 4.90 Å². The van der Waals surface area contributed by atoms with Crippen LogP contribution in [0.4, 0.5) is 5.82 Å². The molecule has 2 aromatic rings. The lowest BCUT2D eigenvalue weighted by Crippen LogP contribution is -2.34. The number of hydrogen-bond acceptors (Lipinski definition) is 6. The van der Waals surface area contributed by atoms with Crippen LogP contribution in [-0.4, -0.2) is 60.1 Å². The molecule has 3 heterocycles. The molecule has 0 radical (unpaired) electrons. The number of sulfonamides is 1. The van der Waals surface area contributed by atoms with E-state index in [0.717, 1.165) is 29.7 Å². The molecular formula is C13H17N5O2S. The highest BCUT2D eigenvalue weighted by Gasteiger charge is 2.22. The van der Waals surface area contributed by atoms with E-state index in [1.54, 1.807) is 12.4 Å². The lowest BCUT2D eigenvalue weighted by molar-refractivity contribution is 0.437. The van der Waals surface area contributed by atoms with Crippen LogP contribution in [0.5, 0.6) is 0 Å². The molecule has 0 unspecified atom stereocenters. The molecule has 0 aliphatic carbocycles. The van der Waals surface area contributed by atoms with Gasteiger partial charge in [0.15, 0.2) is 0 Å². The zero-order valence-corrected chi connectivity index (χ0v) is 12.6. The van der Waals surface area contributed by atoms with Crippen molar-refractivity contribution >= 4 is 26.7 Å². The molecule has 1 saturated heterocycles. The number of anilines is 1. The molecule has 21 heavy (non-hydrogen) atoms. The first-order valence-electron chi connectivity index (χ1n) is 6.80. The summed E-state index contributed by atoms with van der Waals surface area (Å²) in [6.45, 7) is 2.44. The minimum Gasteiger partial charge on any atom is -0.355 e. The van der Waals surface area contributed by atoms with Crippen molar-refractivity contribution in [2.24, 2.45) is 0 Å². The second kappa shape index (κ2) is 5.53. The van der Waals surface area contributed by atoms with Gasteiger partial charge in [-0.25, -0.2) is 22.7 Å². The number of rotatable bonds is 2. The van der Waals surface area contributed by atoms with Crippen molar-refractivity contribution in [3.05, 3.63) is 24.8 Å². The molecule has 8 heteroatoms. The van der Waals surface area contributed by atoms with Crippen LogP contribution >= 0.6 is 0 Å². The van der Waals surface area contributed by atoms with Crippen LogP contribution in [0.25, 0.3) is 10.9 Å². The molecule has 1 aliphatic rings. The average molecular weight is 307 g/mol. The summed E-state index contributed by atoms with van der Waals surface area (Å²) in [4.78, 5) is 14.8. The SMILES string of the molecule is CS(=O)(=O)N1CCCN(c2ncnc3cnccc23)CC1. The van der Waals surface area contributed by atoms with Crippen molar-refractivity contribution in [2.45, 2.75) is 6.42 Å². The van der Waals surface area contributed by atoms with E-state index in [1.807, 2.05) is 6.07 Å². The van der Waals surface area contributed by atoms with Gasteiger partial charge < -0.3 is 4.90 Å². The molecule has 0 bridgehead atoms. The minimum absolute atomic E-state index is 0.482. The lowest BCUT2D eigenvalue weighted by Gasteiger charge is -2.22. The van der Waals surface area contributed by atoms with Gasteiger partial charge in [0.05, 0.1) is 18.0 Å². The third-order valence-electron chi connectivity index (χ3n) is 3.64. The van der Waals surface area contributed by atoms with Crippen molar-refractivity contribution in [2.75, 3.05) is 37.3 Å². The molecule has 0 aromatic carbocycles. The fourth-order valence-electron chi connectivity index (χ4n) is 2.58. The van der Waals surface area contributed by atoms with Gasteiger partial charge in [0.1, 0.15) is 12.1 Å². The van der Waals surface area contributed by atoms with Gasteiger partial charge in [0, 0.05) is 37.8 Å². The summed E-state index contributed by atoms with van der Waals surface area (Å²) in [5.41, 5.74) is 0.798. The number of fused-ring (bicyclic) bond motifs is 1. The summed E-state index contributed by atoms with van der Waals surface area (Å²) in [6.07, 6.45) is 6.99. The fourth-order valence-corrected chi connectivity index (χ4v) is 3.46. The van der Waals surface area contributed by atoms with Crippen LogP contribution in [0, 0.1) is 0 Å². The third-order valence-corrected chi connectivity index (χ3v) is 4.94. The molecule has 0 N–H and O–H groups in total. The molecule has 3 rings (SSSR count). The zero-order chi connectivity index (χ0) is 14.9. The third kappa shape index (κ3) is 2.96. The standard InChI is InChI=1S/C13H17N5O2S/c1-21(19,20)18-6-2-5-17(7-8-18)13-11-3-4-14-9-12(11)15-10-16-13/h3-4,9-10H,2,5-8H2,1H3. The van der Waals surface area contributed by atoms with Crippen molar-refractivity contribution in [3.8, 4) is 0 Å². The summed E-state index contributed by atoms with van der Waals surface area (Å²) in [5.74, 6) is 0.845. The van der Waals surface area contributed by atoms with Crippen LogP contribution in [-0.2, 0) is 10.0 Å². The maximum atomic E-state index is 11.7. The lowest BCUT2D eigenvalue weighted by atomic mass is 10.2. The van der Waals surface area contributed by atoms with Crippen LogP contribution in [0.1, 0.15) is 6.42 Å². The minimum atomic E-state index is -3.13. The van der Waals surface area contributed by atoms with E-state index in [4.69, 9.17) is 0 Å². The fraction of sp³-hybridized carbons (Fsp3) is 0.462. The Kier molecular flexibility index (Phi) is 3.73. The molecule has 0 spiro atoms. The van der Waals surface area contributed by atoms with Crippen molar-refractivity contribution in [1.29, 1.82) is 0 Å². The second-order valence-electron chi connectivity index (χ2n) is 5.09. The number of pyridine rings is 1. The molecule has 1 fully saturated rings. The van der Waals surface area contributed by atoms with Crippen LogP contribution in [0.3, 0.4) is 0 Å². The normalized spacial score (nSPS) is 17.9. The molecule has 0 atom stereocenters. The number of aromatic nitrogens is 3. The summed E-state index contributed by atoms with van der Waals surface area (Å²) < 4.78 is 24.9. The highest BCUT2D eigenvalue weighted by atomic mass is 32.2. The van der Waals surface area contributed by atoms with E-state index in [9.17, 15) is 8.42 Å². The topological polar surface area (TPSA) is 79.3 Å². The molecule has 1 aliphatic heterocycles. The quantitative estimate of drug-likeness (QED) is 0.804. The number of hydrogen-bond donors (Lipinski definition) is 0. The smallest absolute Gasteiger partial charge is 0.211 e. The molecular weight excluding hydrogens is 290 g/mol. The molecule has 7 nitrogen and oxygen atoms in total. The second-order valence-corrected chi connectivity index (χ2v) is 7.08. The van der Waals surface area contributed by atoms with E-state index in [2.05, 4.69) is 19.9 Å². The van der Waals surface area contributed by atoms with Crippen molar-refractivity contribution in [1.82, 2.24) is 19.3 Å². The van der Waals surface area contributed by atoms with E-state index in [1.165, 1.54) is 16.9 Å². The van der Waals surface area contributed by atoms with Crippen LogP contribution in [0.2, 0.25) is 0 Å². The summed E-state index contributed by atoms with van der Waals surface area (Å²) in [6, 6.07) is 1.89. The first-order chi connectivity index (χ1) is 10.1. The summed E-state index contributed by atoms with van der Waals surface area (Å²) in [7, 11) is -3.13. The molecule has 2 aromatic heterocycles. The van der Waals surface area contributed by atoms with E-state index >= 15 is 0 Å². The Morgan fingerprint density at radius 2 is 2.00 bits per heavy atom. The van der Waals surface area contributed by atoms with Crippen molar-refractivity contribution < 1.29 is 8.42 Å². The van der Waals surface area contributed by atoms with Gasteiger partial charge in [-0.2, -0.15) is 0 Å². The van der Waals surface area contributed by atoms with E-state index < -0.39 is 10.0 Å².